The van der Waals surface area contributed by atoms with E-state index in [0.29, 0.717) is 23.6 Å². The number of amides is 1. The van der Waals surface area contributed by atoms with Crippen LogP contribution >= 0.6 is 0 Å². The van der Waals surface area contributed by atoms with Crippen LogP contribution in [0.4, 0.5) is 4.39 Å². The van der Waals surface area contributed by atoms with Crippen LogP contribution in [0.5, 0.6) is 11.5 Å². The summed E-state index contributed by atoms with van der Waals surface area (Å²) in [5.41, 5.74) is 1.47. The van der Waals surface area contributed by atoms with Crippen molar-refractivity contribution < 1.29 is 18.7 Å². The highest BCUT2D eigenvalue weighted by Crippen LogP contribution is 2.32. The lowest BCUT2D eigenvalue weighted by Crippen LogP contribution is -2.34. The van der Waals surface area contributed by atoms with Crippen molar-refractivity contribution in [3.63, 3.8) is 0 Å². The van der Waals surface area contributed by atoms with Gasteiger partial charge in [0, 0.05) is 18.2 Å². The second kappa shape index (κ2) is 7.31. The minimum absolute atomic E-state index is 0.111. The quantitative estimate of drug-likeness (QED) is 0.854. The van der Waals surface area contributed by atoms with Crippen molar-refractivity contribution in [3.05, 3.63) is 59.4 Å². The van der Waals surface area contributed by atoms with Gasteiger partial charge in [0.05, 0.1) is 6.54 Å². The van der Waals surface area contributed by atoms with E-state index in [-0.39, 0.29) is 31.1 Å². The first-order chi connectivity index (χ1) is 11.6. The van der Waals surface area contributed by atoms with Crippen LogP contribution in [-0.2, 0) is 11.3 Å². The average molecular weight is 330 g/mol. The highest BCUT2D eigenvalue weighted by Gasteiger charge is 2.14. The van der Waals surface area contributed by atoms with Gasteiger partial charge in [0.25, 0.3) is 0 Å². The molecule has 1 atom stereocenters. The summed E-state index contributed by atoms with van der Waals surface area (Å²) in [5, 5.41) is 5.84. The fourth-order valence-corrected chi connectivity index (χ4v) is 2.50. The van der Waals surface area contributed by atoms with E-state index in [2.05, 4.69) is 10.6 Å². The lowest BCUT2D eigenvalue weighted by molar-refractivity contribution is -0.120. The van der Waals surface area contributed by atoms with Crippen molar-refractivity contribution in [1.82, 2.24) is 10.6 Å². The van der Waals surface area contributed by atoms with Crippen molar-refractivity contribution in [2.45, 2.75) is 19.5 Å². The molecule has 0 aromatic heterocycles. The molecule has 5 nitrogen and oxygen atoms in total. The number of carbonyl (C=O) groups is 1. The second-order valence-corrected chi connectivity index (χ2v) is 5.59. The van der Waals surface area contributed by atoms with Crippen molar-refractivity contribution in [2.75, 3.05) is 13.3 Å². The molecule has 2 aromatic carbocycles. The SMILES string of the molecule is CC(NCC(=O)NCc1ccc2c(c1)OCO2)c1ccccc1F. The maximum absolute atomic E-state index is 13.7. The van der Waals surface area contributed by atoms with Gasteiger partial charge < -0.3 is 20.1 Å². The highest BCUT2D eigenvalue weighted by molar-refractivity contribution is 5.78. The van der Waals surface area contributed by atoms with Crippen LogP contribution in [0, 0.1) is 5.82 Å². The maximum Gasteiger partial charge on any atom is 0.234 e. The van der Waals surface area contributed by atoms with Gasteiger partial charge in [-0.1, -0.05) is 24.3 Å². The molecule has 2 N–H and O–H groups in total. The first-order valence-electron chi connectivity index (χ1n) is 7.76. The van der Waals surface area contributed by atoms with E-state index in [1.807, 2.05) is 25.1 Å². The second-order valence-electron chi connectivity index (χ2n) is 5.59. The van der Waals surface area contributed by atoms with Crippen LogP contribution < -0.4 is 20.1 Å². The largest absolute Gasteiger partial charge is 0.454 e. The minimum atomic E-state index is -0.279. The number of rotatable bonds is 6. The fourth-order valence-electron chi connectivity index (χ4n) is 2.50. The third kappa shape index (κ3) is 3.83. The molecule has 0 aliphatic carbocycles. The van der Waals surface area contributed by atoms with E-state index in [1.54, 1.807) is 18.2 Å². The molecule has 0 radical (unpaired) electrons. The Morgan fingerprint density at radius 3 is 2.83 bits per heavy atom. The standard InChI is InChI=1S/C18H19FN2O3/c1-12(14-4-2-3-5-15(14)19)20-10-18(22)21-9-13-6-7-16-17(8-13)24-11-23-16/h2-8,12,20H,9-11H2,1H3,(H,21,22). The van der Waals surface area contributed by atoms with Gasteiger partial charge in [0.15, 0.2) is 11.5 Å². The molecule has 1 aliphatic rings. The van der Waals surface area contributed by atoms with Crippen molar-refractivity contribution in [3.8, 4) is 11.5 Å². The smallest absolute Gasteiger partial charge is 0.234 e. The molecule has 0 saturated carbocycles. The van der Waals surface area contributed by atoms with Gasteiger partial charge in [-0.15, -0.1) is 0 Å². The summed E-state index contributed by atoms with van der Waals surface area (Å²) >= 11 is 0. The molecular formula is C18H19FN2O3. The minimum Gasteiger partial charge on any atom is -0.454 e. The molecule has 2 aromatic rings. The van der Waals surface area contributed by atoms with Crippen molar-refractivity contribution >= 4 is 5.91 Å². The average Bonchev–Trinajstić information content (AvgIpc) is 3.06. The summed E-state index contributed by atoms with van der Waals surface area (Å²) in [6.45, 7) is 2.55. The van der Waals surface area contributed by atoms with E-state index in [4.69, 9.17) is 9.47 Å². The molecule has 3 rings (SSSR count). The van der Waals surface area contributed by atoms with Gasteiger partial charge in [-0.25, -0.2) is 4.39 Å². The number of carbonyl (C=O) groups excluding carboxylic acids is 1. The molecular weight excluding hydrogens is 311 g/mol. The Hall–Kier alpha value is -2.60. The number of ether oxygens (including phenoxy) is 2. The number of hydrogen-bond acceptors (Lipinski definition) is 4. The summed E-state index contributed by atoms with van der Waals surface area (Å²) in [6.07, 6.45) is 0. The zero-order valence-corrected chi connectivity index (χ0v) is 13.3. The number of fused-ring (bicyclic) bond motifs is 1. The van der Waals surface area contributed by atoms with Gasteiger partial charge in [0.1, 0.15) is 5.82 Å². The first-order valence-corrected chi connectivity index (χ1v) is 7.76. The van der Waals surface area contributed by atoms with E-state index in [1.165, 1.54) is 6.07 Å². The molecule has 1 unspecified atom stereocenters. The third-order valence-electron chi connectivity index (χ3n) is 3.87. The molecule has 1 amide bonds. The van der Waals surface area contributed by atoms with E-state index >= 15 is 0 Å². The van der Waals surface area contributed by atoms with Crippen LogP contribution in [0.3, 0.4) is 0 Å². The maximum atomic E-state index is 13.7. The molecule has 1 heterocycles. The summed E-state index contributed by atoms with van der Waals surface area (Å²) in [6, 6.07) is 11.8. The van der Waals surface area contributed by atoms with Gasteiger partial charge >= 0.3 is 0 Å². The summed E-state index contributed by atoms with van der Waals surface area (Å²) < 4.78 is 24.2. The number of benzene rings is 2. The Bertz CT molecular complexity index is 736. The normalized spacial score (nSPS) is 13.6. The molecule has 0 fully saturated rings. The van der Waals surface area contributed by atoms with Gasteiger partial charge in [-0.2, -0.15) is 0 Å². The molecule has 0 spiro atoms. The van der Waals surface area contributed by atoms with E-state index < -0.39 is 0 Å². The predicted molar refractivity (Wildman–Crippen MR) is 87.2 cm³/mol. The monoisotopic (exact) mass is 330 g/mol. The van der Waals surface area contributed by atoms with Crippen molar-refractivity contribution in [2.24, 2.45) is 0 Å². The Kier molecular flexibility index (Phi) is 4.96. The molecule has 6 heteroatoms. The Labute approximate surface area is 139 Å². The number of nitrogens with one attached hydrogen (secondary N) is 2. The highest BCUT2D eigenvalue weighted by atomic mass is 19.1. The van der Waals surface area contributed by atoms with Crippen LogP contribution in [0.2, 0.25) is 0 Å². The zero-order valence-electron chi connectivity index (χ0n) is 13.3. The number of hydrogen-bond donors (Lipinski definition) is 2. The third-order valence-corrected chi connectivity index (χ3v) is 3.87. The lowest BCUT2D eigenvalue weighted by Gasteiger charge is -2.15. The number of halogens is 1. The van der Waals surface area contributed by atoms with Gasteiger partial charge in [-0.05, 0) is 30.7 Å². The van der Waals surface area contributed by atoms with Crippen molar-refractivity contribution in [1.29, 1.82) is 0 Å². The fraction of sp³-hybridized carbons (Fsp3) is 0.278. The topological polar surface area (TPSA) is 59.6 Å². The van der Waals surface area contributed by atoms with E-state index in [9.17, 15) is 9.18 Å². The first kappa shape index (κ1) is 16.3. The van der Waals surface area contributed by atoms with Crippen LogP contribution in [-0.4, -0.2) is 19.2 Å². The van der Waals surface area contributed by atoms with Crippen LogP contribution in [0.25, 0.3) is 0 Å². The van der Waals surface area contributed by atoms with Crippen LogP contribution in [0.15, 0.2) is 42.5 Å². The van der Waals surface area contributed by atoms with Gasteiger partial charge in [-0.3, -0.25) is 4.79 Å². The molecule has 1 aliphatic heterocycles. The van der Waals surface area contributed by atoms with Gasteiger partial charge in [0.2, 0.25) is 12.7 Å². The molecule has 0 saturated heterocycles. The summed E-state index contributed by atoms with van der Waals surface area (Å²) in [7, 11) is 0. The summed E-state index contributed by atoms with van der Waals surface area (Å²) in [4.78, 5) is 11.9. The Morgan fingerprint density at radius 2 is 2.00 bits per heavy atom. The lowest BCUT2D eigenvalue weighted by atomic mass is 10.1. The van der Waals surface area contributed by atoms with E-state index in [0.717, 1.165) is 5.56 Å². The molecule has 24 heavy (non-hydrogen) atoms. The van der Waals surface area contributed by atoms with Crippen LogP contribution in [0.1, 0.15) is 24.1 Å². The predicted octanol–water partition coefficient (Wildman–Crippen LogP) is 2.52. The Balaban J connectivity index is 1.47. The summed E-state index contributed by atoms with van der Waals surface area (Å²) in [5.74, 6) is 0.965. The zero-order chi connectivity index (χ0) is 16.9. The Morgan fingerprint density at radius 1 is 1.21 bits per heavy atom. The molecule has 126 valence electrons. The molecule has 0 bridgehead atoms.